The second-order valence-corrected chi connectivity index (χ2v) is 6.80. The molecule has 8 nitrogen and oxygen atoms in total. The SMILES string of the molecule is Cn1nc(CC2CCN(C(=O)c3cnco3)CC2)n(-c2ccccc2)c1=O. The molecule has 140 valence electrons. The number of benzene rings is 1. The minimum absolute atomic E-state index is 0.120. The van der Waals surface area contributed by atoms with E-state index in [0.717, 1.165) is 24.4 Å². The van der Waals surface area contributed by atoms with Crippen LogP contribution in [0.2, 0.25) is 0 Å². The van der Waals surface area contributed by atoms with Crippen molar-refractivity contribution in [3.05, 3.63) is 65.0 Å². The molecule has 0 unspecified atom stereocenters. The number of rotatable bonds is 4. The number of amides is 1. The summed E-state index contributed by atoms with van der Waals surface area (Å²) in [7, 11) is 1.67. The van der Waals surface area contributed by atoms with Crippen molar-refractivity contribution in [1.29, 1.82) is 0 Å². The Kier molecular flexibility index (Phi) is 4.62. The summed E-state index contributed by atoms with van der Waals surface area (Å²) in [6, 6.07) is 9.56. The van der Waals surface area contributed by atoms with Crippen molar-refractivity contribution < 1.29 is 9.21 Å². The monoisotopic (exact) mass is 367 g/mol. The van der Waals surface area contributed by atoms with Crippen LogP contribution in [0.5, 0.6) is 0 Å². The number of piperidine rings is 1. The van der Waals surface area contributed by atoms with Crippen molar-refractivity contribution in [3.8, 4) is 5.69 Å². The number of nitrogens with zero attached hydrogens (tertiary/aromatic N) is 5. The van der Waals surface area contributed by atoms with E-state index in [4.69, 9.17) is 4.42 Å². The molecule has 2 aromatic heterocycles. The summed E-state index contributed by atoms with van der Waals surface area (Å²) in [5.74, 6) is 1.28. The summed E-state index contributed by atoms with van der Waals surface area (Å²) in [6.45, 7) is 1.32. The summed E-state index contributed by atoms with van der Waals surface area (Å²) < 4.78 is 8.15. The Balaban J connectivity index is 1.46. The highest BCUT2D eigenvalue weighted by molar-refractivity contribution is 5.91. The average molecular weight is 367 g/mol. The standard InChI is InChI=1S/C19H21N5O3/c1-22-19(26)24(15-5-3-2-4-6-15)17(21-22)11-14-7-9-23(10-8-14)18(25)16-12-20-13-27-16/h2-6,12-14H,7-11H2,1H3. The van der Waals surface area contributed by atoms with Gasteiger partial charge in [0.05, 0.1) is 11.9 Å². The highest BCUT2D eigenvalue weighted by Crippen LogP contribution is 2.23. The number of hydrogen-bond acceptors (Lipinski definition) is 5. The van der Waals surface area contributed by atoms with Gasteiger partial charge in [-0.2, -0.15) is 5.10 Å². The van der Waals surface area contributed by atoms with E-state index in [-0.39, 0.29) is 17.4 Å². The molecule has 0 bridgehead atoms. The fourth-order valence-corrected chi connectivity index (χ4v) is 3.56. The van der Waals surface area contributed by atoms with Crippen LogP contribution < -0.4 is 5.69 Å². The molecule has 0 N–H and O–H groups in total. The maximum absolute atomic E-state index is 12.5. The molecule has 4 rings (SSSR count). The zero-order chi connectivity index (χ0) is 18.8. The van der Waals surface area contributed by atoms with Gasteiger partial charge in [0, 0.05) is 26.6 Å². The zero-order valence-electron chi connectivity index (χ0n) is 15.1. The highest BCUT2D eigenvalue weighted by atomic mass is 16.3. The molecule has 27 heavy (non-hydrogen) atoms. The average Bonchev–Trinajstić information content (AvgIpc) is 3.32. The number of likely N-dealkylation sites (tertiary alicyclic amines) is 1. The molecule has 3 heterocycles. The molecule has 1 amide bonds. The molecular weight excluding hydrogens is 346 g/mol. The molecule has 0 spiro atoms. The largest absolute Gasteiger partial charge is 0.438 e. The van der Waals surface area contributed by atoms with Gasteiger partial charge in [0.25, 0.3) is 5.91 Å². The quantitative estimate of drug-likeness (QED) is 0.700. The molecular formula is C19H21N5O3. The van der Waals surface area contributed by atoms with Crippen molar-refractivity contribution in [2.45, 2.75) is 19.3 Å². The van der Waals surface area contributed by atoms with Crippen LogP contribution >= 0.6 is 0 Å². The molecule has 0 radical (unpaired) electrons. The fourth-order valence-electron chi connectivity index (χ4n) is 3.56. The maximum Gasteiger partial charge on any atom is 0.350 e. The summed E-state index contributed by atoms with van der Waals surface area (Å²) in [5.41, 5.74) is 0.678. The van der Waals surface area contributed by atoms with Crippen LogP contribution in [0.4, 0.5) is 0 Å². The first-order valence-corrected chi connectivity index (χ1v) is 9.01. The van der Waals surface area contributed by atoms with Crippen LogP contribution in [0.25, 0.3) is 5.69 Å². The van der Waals surface area contributed by atoms with Gasteiger partial charge in [-0.15, -0.1) is 0 Å². The van der Waals surface area contributed by atoms with Gasteiger partial charge in [0.1, 0.15) is 5.82 Å². The van der Waals surface area contributed by atoms with Gasteiger partial charge >= 0.3 is 5.69 Å². The summed E-state index contributed by atoms with van der Waals surface area (Å²) in [4.78, 5) is 30.4. The Labute approximate surface area is 156 Å². The third kappa shape index (κ3) is 3.42. The summed E-state index contributed by atoms with van der Waals surface area (Å²) in [5, 5.41) is 4.44. The first kappa shape index (κ1) is 17.3. The lowest BCUT2D eigenvalue weighted by Crippen LogP contribution is -2.39. The third-order valence-corrected chi connectivity index (χ3v) is 5.02. The van der Waals surface area contributed by atoms with E-state index in [0.29, 0.717) is 25.4 Å². The number of oxazole rings is 1. The summed E-state index contributed by atoms with van der Waals surface area (Å²) in [6.07, 6.45) is 5.14. The van der Waals surface area contributed by atoms with Crippen molar-refractivity contribution in [2.24, 2.45) is 13.0 Å². The Morgan fingerprint density at radius 2 is 1.96 bits per heavy atom. The van der Waals surface area contributed by atoms with E-state index < -0.39 is 0 Å². The molecule has 1 aliphatic rings. The Hall–Kier alpha value is -3.16. The second kappa shape index (κ2) is 7.22. The number of hydrogen-bond donors (Lipinski definition) is 0. The van der Waals surface area contributed by atoms with E-state index in [9.17, 15) is 9.59 Å². The Morgan fingerprint density at radius 3 is 2.63 bits per heavy atom. The van der Waals surface area contributed by atoms with E-state index in [1.165, 1.54) is 17.3 Å². The predicted molar refractivity (Wildman–Crippen MR) is 97.6 cm³/mol. The number of carbonyl (C=O) groups excluding carboxylic acids is 1. The van der Waals surface area contributed by atoms with Crippen LogP contribution in [0, 0.1) is 5.92 Å². The van der Waals surface area contributed by atoms with Crippen molar-refractivity contribution in [3.63, 3.8) is 0 Å². The lowest BCUT2D eigenvalue weighted by atomic mass is 9.93. The smallest absolute Gasteiger partial charge is 0.350 e. The first-order valence-electron chi connectivity index (χ1n) is 9.01. The minimum atomic E-state index is -0.144. The number of para-hydroxylation sites is 1. The number of carbonyl (C=O) groups is 1. The zero-order valence-corrected chi connectivity index (χ0v) is 15.1. The fraction of sp³-hybridized carbons (Fsp3) is 0.368. The van der Waals surface area contributed by atoms with Gasteiger partial charge in [-0.1, -0.05) is 18.2 Å². The van der Waals surface area contributed by atoms with Crippen LogP contribution in [0.1, 0.15) is 29.2 Å². The molecule has 0 saturated carbocycles. The van der Waals surface area contributed by atoms with E-state index >= 15 is 0 Å². The topological polar surface area (TPSA) is 86.2 Å². The minimum Gasteiger partial charge on any atom is -0.438 e. The molecule has 0 atom stereocenters. The van der Waals surface area contributed by atoms with Crippen LogP contribution in [-0.2, 0) is 13.5 Å². The molecule has 1 fully saturated rings. The molecule has 1 saturated heterocycles. The van der Waals surface area contributed by atoms with Crippen molar-refractivity contribution in [2.75, 3.05) is 13.1 Å². The number of aromatic nitrogens is 4. The van der Waals surface area contributed by atoms with E-state index in [2.05, 4.69) is 10.1 Å². The van der Waals surface area contributed by atoms with Gasteiger partial charge < -0.3 is 9.32 Å². The predicted octanol–water partition coefficient (Wildman–Crippen LogP) is 1.65. The molecule has 1 aliphatic heterocycles. The molecule has 0 aliphatic carbocycles. The molecule has 3 aromatic rings. The second-order valence-electron chi connectivity index (χ2n) is 6.80. The normalized spacial score (nSPS) is 15.2. The van der Waals surface area contributed by atoms with Crippen molar-refractivity contribution >= 4 is 5.91 Å². The Morgan fingerprint density at radius 1 is 1.22 bits per heavy atom. The Bertz CT molecular complexity index is 967. The summed E-state index contributed by atoms with van der Waals surface area (Å²) >= 11 is 0. The lowest BCUT2D eigenvalue weighted by molar-refractivity contribution is 0.0657. The number of aryl methyl sites for hydroxylation is 1. The van der Waals surface area contributed by atoms with Crippen LogP contribution in [-0.4, -0.2) is 43.2 Å². The maximum atomic E-state index is 12.5. The van der Waals surface area contributed by atoms with Gasteiger partial charge in [-0.05, 0) is 30.9 Å². The van der Waals surface area contributed by atoms with Gasteiger partial charge in [-0.3, -0.25) is 4.79 Å². The molecule has 8 heteroatoms. The third-order valence-electron chi connectivity index (χ3n) is 5.02. The van der Waals surface area contributed by atoms with Crippen molar-refractivity contribution in [1.82, 2.24) is 24.2 Å². The van der Waals surface area contributed by atoms with Gasteiger partial charge in [-0.25, -0.2) is 19.0 Å². The first-order chi connectivity index (χ1) is 13.1. The van der Waals surface area contributed by atoms with Crippen LogP contribution in [0.15, 0.2) is 52.1 Å². The lowest BCUT2D eigenvalue weighted by Gasteiger charge is -2.31. The van der Waals surface area contributed by atoms with Crippen LogP contribution in [0.3, 0.4) is 0 Å². The van der Waals surface area contributed by atoms with E-state index in [1.54, 1.807) is 16.5 Å². The van der Waals surface area contributed by atoms with Gasteiger partial charge in [0.15, 0.2) is 6.39 Å². The molecule has 1 aromatic carbocycles. The van der Waals surface area contributed by atoms with Gasteiger partial charge in [0.2, 0.25) is 5.76 Å². The van der Waals surface area contributed by atoms with E-state index in [1.807, 2.05) is 30.3 Å². The highest BCUT2D eigenvalue weighted by Gasteiger charge is 2.27.